The Hall–Kier alpha value is -2.21. The summed E-state index contributed by atoms with van der Waals surface area (Å²) in [6.07, 6.45) is 2.98. The molecule has 0 atom stereocenters. The monoisotopic (exact) mass is 289 g/mol. The van der Waals surface area contributed by atoms with Crippen LogP contribution in [0.1, 0.15) is 16.8 Å². The summed E-state index contributed by atoms with van der Waals surface area (Å²) in [6, 6.07) is 10.6. The third kappa shape index (κ3) is 3.42. The summed E-state index contributed by atoms with van der Waals surface area (Å²) in [5.74, 6) is 0. The molecule has 0 saturated carbocycles. The lowest BCUT2D eigenvalue weighted by atomic mass is 10.2. The van der Waals surface area contributed by atoms with Crippen LogP contribution >= 0.6 is 0 Å². The molecule has 0 radical (unpaired) electrons. The number of sulfonamides is 1. The van der Waals surface area contributed by atoms with E-state index in [-0.39, 0.29) is 4.90 Å². The lowest BCUT2D eigenvalue weighted by Gasteiger charge is -2.07. The van der Waals surface area contributed by atoms with Crippen molar-refractivity contribution in [3.63, 3.8) is 0 Å². The van der Waals surface area contributed by atoms with Gasteiger partial charge in [-0.05, 0) is 43.2 Å². The van der Waals surface area contributed by atoms with Crippen LogP contribution in [0.5, 0.6) is 0 Å². The maximum atomic E-state index is 12.2. The number of hydrazone groups is 1. The van der Waals surface area contributed by atoms with Gasteiger partial charge in [0, 0.05) is 6.20 Å². The van der Waals surface area contributed by atoms with Gasteiger partial charge in [0.15, 0.2) is 0 Å². The molecule has 0 aliphatic heterocycles. The molecule has 104 valence electrons. The number of hydrogen-bond acceptors (Lipinski definition) is 4. The SMILES string of the molecule is Cc1ccc(C)c(S(=O)(=O)N/N=C\c2ccccn2)c1. The Morgan fingerprint density at radius 3 is 2.70 bits per heavy atom. The second-order valence-corrected chi connectivity index (χ2v) is 6.01. The molecule has 0 bridgehead atoms. The topological polar surface area (TPSA) is 71.4 Å². The Bertz CT molecular complexity index is 725. The van der Waals surface area contributed by atoms with Gasteiger partial charge < -0.3 is 0 Å². The second kappa shape index (κ2) is 5.83. The molecule has 5 nitrogen and oxygen atoms in total. The molecule has 0 aliphatic carbocycles. The quantitative estimate of drug-likeness (QED) is 0.691. The van der Waals surface area contributed by atoms with Crippen LogP contribution in [0.4, 0.5) is 0 Å². The zero-order valence-electron chi connectivity index (χ0n) is 11.2. The minimum absolute atomic E-state index is 0.232. The standard InChI is InChI=1S/C14H15N3O2S/c1-11-6-7-12(2)14(9-11)20(18,19)17-16-10-13-5-3-4-8-15-13/h3-10,17H,1-2H3/b16-10-. The summed E-state index contributed by atoms with van der Waals surface area (Å²) in [4.78, 5) is 6.44. The predicted molar refractivity (Wildman–Crippen MR) is 78.1 cm³/mol. The zero-order chi connectivity index (χ0) is 14.6. The molecule has 0 saturated heterocycles. The summed E-state index contributed by atoms with van der Waals surface area (Å²) in [5.41, 5.74) is 2.14. The van der Waals surface area contributed by atoms with E-state index >= 15 is 0 Å². The molecule has 1 N–H and O–H groups in total. The molecule has 2 rings (SSSR count). The van der Waals surface area contributed by atoms with E-state index in [0.717, 1.165) is 5.56 Å². The third-order valence-corrected chi connectivity index (χ3v) is 4.06. The van der Waals surface area contributed by atoms with Crippen LogP contribution in [0.25, 0.3) is 0 Å². The average molecular weight is 289 g/mol. The lowest BCUT2D eigenvalue weighted by Crippen LogP contribution is -2.19. The first-order valence-electron chi connectivity index (χ1n) is 6.02. The number of aryl methyl sites for hydroxylation is 2. The average Bonchev–Trinajstić information content (AvgIpc) is 2.42. The Labute approximate surface area is 118 Å². The van der Waals surface area contributed by atoms with E-state index in [4.69, 9.17) is 0 Å². The summed E-state index contributed by atoms with van der Waals surface area (Å²) >= 11 is 0. The van der Waals surface area contributed by atoms with Crippen molar-refractivity contribution in [3.8, 4) is 0 Å². The van der Waals surface area contributed by atoms with Crippen LogP contribution in [0, 0.1) is 13.8 Å². The fraction of sp³-hybridized carbons (Fsp3) is 0.143. The number of aromatic nitrogens is 1. The van der Waals surface area contributed by atoms with E-state index < -0.39 is 10.0 Å². The van der Waals surface area contributed by atoms with E-state index in [0.29, 0.717) is 11.3 Å². The summed E-state index contributed by atoms with van der Waals surface area (Å²) in [5, 5.41) is 3.73. The van der Waals surface area contributed by atoms with Crippen molar-refractivity contribution >= 4 is 16.2 Å². The highest BCUT2D eigenvalue weighted by Gasteiger charge is 2.15. The van der Waals surface area contributed by atoms with Crippen LogP contribution in [-0.4, -0.2) is 19.6 Å². The molecule has 0 amide bonds. The van der Waals surface area contributed by atoms with Gasteiger partial charge in [0.25, 0.3) is 10.0 Å². The molecule has 0 fully saturated rings. The fourth-order valence-electron chi connectivity index (χ4n) is 1.66. The summed E-state index contributed by atoms with van der Waals surface area (Å²) < 4.78 is 24.3. The van der Waals surface area contributed by atoms with Crippen molar-refractivity contribution in [3.05, 3.63) is 59.4 Å². The van der Waals surface area contributed by atoms with E-state index in [2.05, 4.69) is 14.9 Å². The first kappa shape index (κ1) is 14.2. The molecule has 0 spiro atoms. The fourth-order valence-corrected chi connectivity index (χ4v) is 2.78. The van der Waals surface area contributed by atoms with Gasteiger partial charge in [-0.2, -0.15) is 18.4 Å². The highest BCUT2D eigenvalue weighted by molar-refractivity contribution is 7.89. The minimum Gasteiger partial charge on any atom is -0.255 e. The number of nitrogens with zero attached hydrogens (tertiary/aromatic N) is 2. The molecule has 0 aliphatic rings. The van der Waals surface area contributed by atoms with Gasteiger partial charge in [-0.3, -0.25) is 4.98 Å². The van der Waals surface area contributed by atoms with Gasteiger partial charge in [0.1, 0.15) is 0 Å². The van der Waals surface area contributed by atoms with Crippen LogP contribution in [-0.2, 0) is 10.0 Å². The van der Waals surface area contributed by atoms with Crippen LogP contribution in [0.2, 0.25) is 0 Å². The van der Waals surface area contributed by atoms with Gasteiger partial charge >= 0.3 is 0 Å². The van der Waals surface area contributed by atoms with Crippen LogP contribution < -0.4 is 4.83 Å². The van der Waals surface area contributed by atoms with Crippen LogP contribution in [0.3, 0.4) is 0 Å². The summed E-state index contributed by atoms with van der Waals surface area (Å²) in [7, 11) is -3.66. The maximum absolute atomic E-state index is 12.2. The predicted octanol–water partition coefficient (Wildman–Crippen LogP) is 2.01. The molecular formula is C14H15N3O2S. The number of hydrogen-bond donors (Lipinski definition) is 1. The first-order chi connectivity index (χ1) is 9.49. The van der Waals surface area contributed by atoms with Gasteiger partial charge in [0.05, 0.1) is 16.8 Å². The van der Waals surface area contributed by atoms with Crippen molar-refractivity contribution in [2.75, 3.05) is 0 Å². The van der Waals surface area contributed by atoms with E-state index in [9.17, 15) is 8.42 Å². The second-order valence-electron chi connectivity index (χ2n) is 4.38. The molecule has 2 aromatic rings. The molecular weight excluding hydrogens is 274 g/mol. The highest BCUT2D eigenvalue weighted by atomic mass is 32.2. The van der Waals surface area contributed by atoms with Crippen molar-refractivity contribution in [1.82, 2.24) is 9.82 Å². The van der Waals surface area contributed by atoms with E-state index in [1.165, 1.54) is 6.21 Å². The molecule has 1 aromatic heterocycles. The van der Waals surface area contributed by atoms with Crippen molar-refractivity contribution in [1.29, 1.82) is 0 Å². The number of nitrogens with one attached hydrogen (secondary N) is 1. The zero-order valence-corrected chi connectivity index (χ0v) is 12.1. The molecule has 20 heavy (non-hydrogen) atoms. The third-order valence-electron chi connectivity index (χ3n) is 2.69. The molecule has 1 aromatic carbocycles. The molecule has 0 unspecified atom stereocenters. The minimum atomic E-state index is -3.66. The number of pyridine rings is 1. The Morgan fingerprint density at radius 2 is 2.00 bits per heavy atom. The smallest absolute Gasteiger partial charge is 0.255 e. The largest absolute Gasteiger partial charge is 0.276 e. The van der Waals surface area contributed by atoms with Gasteiger partial charge in [-0.25, -0.2) is 0 Å². The van der Waals surface area contributed by atoms with Crippen molar-refractivity contribution in [2.45, 2.75) is 18.7 Å². The Balaban J connectivity index is 2.20. The Kier molecular flexibility index (Phi) is 4.14. The Morgan fingerprint density at radius 1 is 1.20 bits per heavy atom. The van der Waals surface area contributed by atoms with Crippen molar-refractivity contribution in [2.24, 2.45) is 5.10 Å². The summed E-state index contributed by atoms with van der Waals surface area (Å²) in [6.45, 7) is 3.59. The normalized spacial score (nSPS) is 11.7. The maximum Gasteiger partial charge on any atom is 0.276 e. The number of rotatable bonds is 4. The van der Waals surface area contributed by atoms with Gasteiger partial charge in [-0.15, -0.1) is 0 Å². The van der Waals surface area contributed by atoms with Gasteiger partial charge in [0.2, 0.25) is 0 Å². The molecule has 1 heterocycles. The van der Waals surface area contributed by atoms with Crippen molar-refractivity contribution < 1.29 is 8.42 Å². The lowest BCUT2D eigenvalue weighted by molar-refractivity contribution is 0.584. The van der Waals surface area contributed by atoms with E-state index in [1.807, 2.05) is 13.0 Å². The van der Waals surface area contributed by atoms with Gasteiger partial charge in [-0.1, -0.05) is 18.2 Å². The van der Waals surface area contributed by atoms with Crippen LogP contribution in [0.15, 0.2) is 52.6 Å². The number of benzene rings is 1. The molecule has 6 heteroatoms. The highest BCUT2D eigenvalue weighted by Crippen LogP contribution is 2.16. The van der Waals surface area contributed by atoms with E-state index in [1.54, 1.807) is 43.5 Å². The first-order valence-corrected chi connectivity index (χ1v) is 7.50.